The molecular formula is C30H46O6S. The molecule has 0 radical (unpaired) electrons. The number of aliphatic hydroxyl groups excluding tert-OH is 1. The van der Waals surface area contributed by atoms with Crippen molar-refractivity contribution in [3.05, 3.63) is 71.3 Å². The standard InChI is InChI=1S/C28H40O6S.C2H6/c1-22-10-9-13-24(18-22)28(25(30)34-26(2,3)4,20-32-19-23-11-7-6-8-12-23)14-16-33-27(5,31)21-35-17-15-29;1-2/h6-13,18,29,31H,14-17,19-21H2,1-5H3;1-2H3. The summed E-state index contributed by atoms with van der Waals surface area (Å²) in [5.41, 5.74) is 1.01. The molecule has 0 saturated heterocycles. The summed E-state index contributed by atoms with van der Waals surface area (Å²) >= 11 is 1.40. The van der Waals surface area contributed by atoms with Crippen molar-refractivity contribution in [1.82, 2.24) is 0 Å². The van der Waals surface area contributed by atoms with Crippen LogP contribution in [0, 0.1) is 6.92 Å². The first-order valence-corrected chi connectivity index (χ1v) is 14.1. The fraction of sp³-hybridized carbons (Fsp3) is 0.567. The maximum absolute atomic E-state index is 13.7. The van der Waals surface area contributed by atoms with Crippen molar-refractivity contribution < 1.29 is 29.2 Å². The number of benzene rings is 2. The van der Waals surface area contributed by atoms with Crippen LogP contribution in [-0.2, 0) is 31.0 Å². The predicted molar refractivity (Wildman–Crippen MR) is 152 cm³/mol. The van der Waals surface area contributed by atoms with Crippen LogP contribution in [0.15, 0.2) is 54.6 Å². The second-order valence-corrected chi connectivity index (χ2v) is 11.1. The fourth-order valence-corrected chi connectivity index (χ4v) is 4.36. The highest BCUT2D eigenvalue weighted by molar-refractivity contribution is 7.99. The Balaban J connectivity index is 0.00000334. The van der Waals surface area contributed by atoms with E-state index in [1.165, 1.54) is 11.8 Å². The average Bonchev–Trinajstić information content (AvgIpc) is 2.84. The smallest absolute Gasteiger partial charge is 0.319 e. The van der Waals surface area contributed by atoms with Crippen LogP contribution in [0.25, 0.3) is 0 Å². The topological polar surface area (TPSA) is 85.2 Å². The van der Waals surface area contributed by atoms with E-state index < -0.39 is 16.8 Å². The lowest BCUT2D eigenvalue weighted by molar-refractivity contribution is -0.183. The van der Waals surface area contributed by atoms with Gasteiger partial charge in [0.15, 0.2) is 5.79 Å². The monoisotopic (exact) mass is 534 g/mol. The highest BCUT2D eigenvalue weighted by Crippen LogP contribution is 2.34. The molecule has 0 fully saturated rings. The van der Waals surface area contributed by atoms with Crippen LogP contribution in [0.3, 0.4) is 0 Å². The molecule has 0 heterocycles. The molecule has 208 valence electrons. The Morgan fingerprint density at radius 3 is 2.27 bits per heavy atom. The Kier molecular flexibility index (Phi) is 14.5. The van der Waals surface area contributed by atoms with Crippen LogP contribution >= 0.6 is 11.8 Å². The number of hydrogen-bond acceptors (Lipinski definition) is 7. The van der Waals surface area contributed by atoms with Gasteiger partial charge >= 0.3 is 5.97 Å². The number of aryl methyl sites for hydroxylation is 1. The third kappa shape index (κ3) is 12.0. The van der Waals surface area contributed by atoms with Crippen molar-refractivity contribution in [2.24, 2.45) is 0 Å². The van der Waals surface area contributed by atoms with Gasteiger partial charge in [-0.3, -0.25) is 4.79 Å². The number of esters is 1. The molecule has 2 unspecified atom stereocenters. The highest BCUT2D eigenvalue weighted by atomic mass is 32.2. The number of carbonyl (C=O) groups is 1. The zero-order valence-corrected chi connectivity index (χ0v) is 24.4. The van der Waals surface area contributed by atoms with E-state index in [9.17, 15) is 9.90 Å². The summed E-state index contributed by atoms with van der Waals surface area (Å²) in [5, 5.41) is 19.6. The number of carbonyl (C=O) groups excluding carboxylic acids is 1. The molecule has 2 aromatic carbocycles. The van der Waals surface area contributed by atoms with E-state index in [0.717, 1.165) is 16.7 Å². The molecule has 2 atom stereocenters. The number of aliphatic hydroxyl groups is 2. The van der Waals surface area contributed by atoms with Crippen LogP contribution in [0.4, 0.5) is 0 Å². The summed E-state index contributed by atoms with van der Waals surface area (Å²) in [6.07, 6.45) is 0.265. The number of hydrogen-bond donors (Lipinski definition) is 2. The molecule has 0 saturated carbocycles. The van der Waals surface area contributed by atoms with E-state index in [1.807, 2.05) is 96.1 Å². The first-order valence-electron chi connectivity index (χ1n) is 12.9. The Morgan fingerprint density at radius 2 is 1.68 bits per heavy atom. The van der Waals surface area contributed by atoms with Crippen molar-refractivity contribution in [2.45, 2.75) is 78.3 Å². The van der Waals surface area contributed by atoms with E-state index in [4.69, 9.17) is 19.3 Å². The summed E-state index contributed by atoms with van der Waals surface area (Å²) in [6.45, 7) is 13.7. The van der Waals surface area contributed by atoms with Crippen molar-refractivity contribution in [1.29, 1.82) is 0 Å². The molecule has 7 heteroatoms. The maximum Gasteiger partial charge on any atom is 0.319 e. The minimum Gasteiger partial charge on any atom is -0.459 e. The van der Waals surface area contributed by atoms with Crippen molar-refractivity contribution >= 4 is 17.7 Å². The van der Waals surface area contributed by atoms with Crippen LogP contribution in [0.5, 0.6) is 0 Å². The summed E-state index contributed by atoms with van der Waals surface area (Å²) in [5.74, 6) is -0.960. The third-order valence-corrected chi connectivity index (χ3v) is 6.58. The van der Waals surface area contributed by atoms with Gasteiger partial charge in [-0.15, -0.1) is 0 Å². The normalized spacial score (nSPS) is 14.6. The molecule has 37 heavy (non-hydrogen) atoms. The fourth-order valence-electron chi connectivity index (χ4n) is 3.63. The summed E-state index contributed by atoms with van der Waals surface area (Å²) in [6, 6.07) is 17.6. The van der Waals surface area contributed by atoms with Crippen molar-refractivity contribution in [3.63, 3.8) is 0 Å². The second kappa shape index (κ2) is 16.1. The van der Waals surface area contributed by atoms with Crippen LogP contribution in [-0.4, -0.2) is 58.9 Å². The first kappa shape index (κ1) is 33.1. The van der Waals surface area contributed by atoms with E-state index >= 15 is 0 Å². The Hall–Kier alpha value is -1.90. The largest absolute Gasteiger partial charge is 0.459 e. The zero-order valence-electron chi connectivity index (χ0n) is 23.6. The minimum absolute atomic E-state index is 0.0363. The SMILES string of the molecule is CC.Cc1cccc(C(CCOC(C)(O)CSCCO)(COCc2ccccc2)C(=O)OC(C)(C)C)c1. The van der Waals surface area contributed by atoms with Gasteiger partial charge in [-0.05, 0) is 52.2 Å². The van der Waals surface area contributed by atoms with Gasteiger partial charge in [0, 0.05) is 11.5 Å². The van der Waals surface area contributed by atoms with Gasteiger partial charge in [-0.2, -0.15) is 11.8 Å². The molecule has 2 aromatic rings. The summed E-state index contributed by atoms with van der Waals surface area (Å²) in [4.78, 5) is 13.7. The van der Waals surface area contributed by atoms with Gasteiger partial charge in [0.2, 0.25) is 0 Å². The lowest BCUT2D eigenvalue weighted by Gasteiger charge is -2.36. The molecule has 2 rings (SSSR count). The summed E-state index contributed by atoms with van der Waals surface area (Å²) < 4.78 is 17.8. The minimum atomic E-state index is -1.39. The summed E-state index contributed by atoms with van der Waals surface area (Å²) in [7, 11) is 0. The third-order valence-electron chi connectivity index (χ3n) is 5.37. The van der Waals surface area contributed by atoms with Gasteiger partial charge in [-0.1, -0.05) is 74.0 Å². The van der Waals surface area contributed by atoms with Crippen molar-refractivity contribution in [2.75, 3.05) is 31.3 Å². The highest BCUT2D eigenvalue weighted by Gasteiger charge is 2.44. The van der Waals surface area contributed by atoms with E-state index in [1.54, 1.807) is 6.92 Å². The van der Waals surface area contributed by atoms with Gasteiger partial charge in [-0.25, -0.2) is 0 Å². The lowest BCUT2D eigenvalue weighted by atomic mass is 9.77. The Bertz CT molecular complexity index is 910. The molecule has 0 aliphatic heterocycles. The number of rotatable bonds is 14. The maximum atomic E-state index is 13.7. The van der Waals surface area contributed by atoms with E-state index in [0.29, 0.717) is 18.1 Å². The number of thioether (sulfide) groups is 1. The number of ether oxygens (including phenoxy) is 3. The van der Waals surface area contributed by atoms with Gasteiger partial charge in [0.1, 0.15) is 11.0 Å². The lowest BCUT2D eigenvalue weighted by Crippen LogP contribution is -2.46. The molecule has 0 bridgehead atoms. The molecule has 6 nitrogen and oxygen atoms in total. The van der Waals surface area contributed by atoms with Crippen LogP contribution in [0.1, 0.15) is 64.7 Å². The van der Waals surface area contributed by atoms with Gasteiger partial charge in [0.25, 0.3) is 0 Å². The molecule has 0 aliphatic carbocycles. The molecule has 0 aromatic heterocycles. The van der Waals surface area contributed by atoms with Crippen LogP contribution in [0.2, 0.25) is 0 Å². The quantitative estimate of drug-likeness (QED) is 0.184. The average molecular weight is 535 g/mol. The molecule has 0 amide bonds. The van der Waals surface area contributed by atoms with Gasteiger partial charge < -0.3 is 24.4 Å². The van der Waals surface area contributed by atoms with Crippen LogP contribution < -0.4 is 0 Å². The molecule has 2 N–H and O–H groups in total. The zero-order chi connectivity index (χ0) is 28.0. The van der Waals surface area contributed by atoms with E-state index in [2.05, 4.69) is 0 Å². The predicted octanol–water partition coefficient (Wildman–Crippen LogP) is 5.66. The Labute approximate surface area is 227 Å². The molecule has 0 aliphatic rings. The Morgan fingerprint density at radius 1 is 1.00 bits per heavy atom. The molecule has 0 spiro atoms. The van der Waals surface area contributed by atoms with Gasteiger partial charge in [0.05, 0.1) is 26.4 Å². The van der Waals surface area contributed by atoms with Crippen molar-refractivity contribution in [3.8, 4) is 0 Å². The first-order chi connectivity index (χ1) is 17.5. The molecular weight excluding hydrogens is 488 g/mol. The van der Waals surface area contributed by atoms with E-state index in [-0.39, 0.29) is 32.2 Å². The second-order valence-electron chi connectivity index (χ2n) is 9.98.